The Balaban J connectivity index is 1.49. The highest BCUT2D eigenvalue weighted by molar-refractivity contribution is 5.56. The Labute approximate surface area is 140 Å². The number of aromatic amines is 1. The number of H-pyrrole nitrogens is 1. The first-order valence-electron chi connectivity index (χ1n) is 8.18. The van der Waals surface area contributed by atoms with E-state index in [1.165, 1.54) is 0 Å². The summed E-state index contributed by atoms with van der Waals surface area (Å²) in [5, 5.41) is 7.24. The zero-order valence-electron chi connectivity index (χ0n) is 13.9. The van der Waals surface area contributed by atoms with Gasteiger partial charge >= 0.3 is 0 Å². The van der Waals surface area contributed by atoms with Gasteiger partial charge in [-0.2, -0.15) is 5.10 Å². The van der Waals surface area contributed by atoms with Crippen molar-refractivity contribution in [3.05, 3.63) is 53.3 Å². The molecule has 126 valence electrons. The van der Waals surface area contributed by atoms with Crippen LogP contribution >= 0.6 is 0 Å². The highest BCUT2D eigenvalue weighted by Crippen LogP contribution is 2.28. The van der Waals surface area contributed by atoms with Crippen molar-refractivity contribution in [2.45, 2.75) is 26.5 Å². The number of morpholine rings is 1. The molecule has 6 nitrogen and oxygen atoms in total. The molecular weight excluding hydrogens is 306 g/mol. The van der Waals surface area contributed by atoms with Crippen molar-refractivity contribution in [3.63, 3.8) is 0 Å². The molecule has 1 saturated heterocycles. The van der Waals surface area contributed by atoms with Gasteiger partial charge in [0.2, 0.25) is 0 Å². The monoisotopic (exact) mass is 327 g/mol. The fraction of sp³-hybridized carbons (Fsp3) is 0.389. The molecule has 1 N–H and O–H groups in total. The smallest absolute Gasteiger partial charge is 0.152 e. The Hall–Kier alpha value is -2.31. The molecule has 6 heteroatoms. The molecule has 3 aromatic rings. The Bertz CT molecular complexity index is 817. The maximum atomic E-state index is 5.87. The normalized spacial score (nSPS) is 19.0. The largest absolute Gasteiger partial charge is 0.464 e. The van der Waals surface area contributed by atoms with Crippen molar-refractivity contribution in [2.75, 3.05) is 19.7 Å². The first-order valence-corrected chi connectivity index (χ1v) is 8.18. The zero-order valence-corrected chi connectivity index (χ0v) is 13.9. The van der Waals surface area contributed by atoms with Crippen LogP contribution in [0.3, 0.4) is 0 Å². The van der Waals surface area contributed by atoms with Gasteiger partial charge in [-0.3, -0.25) is 10.00 Å². The number of hydrogen-bond acceptors (Lipinski definition) is 5. The summed E-state index contributed by atoms with van der Waals surface area (Å²) >= 11 is 0. The van der Waals surface area contributed by atoms with Gasteiger partial charge in [0.05, 0.1) is 12.8 Å². The molecule has 0 saturated carbocycles. The van der Waals surface area contributed by atoms with Crippen LogP contribution in [0.15, 0.2) is 39.3 Å². The molecule has 0 aromatic carbocycles. The second-order valence-electron chi connectivity index (χ2n) is 6.22. The third kappa shape index (κ3) is 3.02. The van der Waals surface area contributed by atoms with E-state index in [-0.39, 0.29) is 6.10 Å². The number of nitrogens with one attached hydrogen (secondary N) is 1. The summed E-state index contributed by atoms with van der Waals surface area (Å²) in [5.74, 6) is 3.53. The molecule has 0 bridgehead atoms. The summed E-state index contributed by atoms with van der Waals surface area (Å²) in [6.45, 7) is 7.07. The standard InChI is InChI=1S/C18H21N3O3/c1-12-3-5-15(23-12)17-11-21(7-8-22-17)10-14-9-19-20-18(14)16-6-4-13(2)24-16/h3-6,9,17H,7-8,10-11H2,1-2H3,(H,19,20)/t17-/m0/s1. The van der Waals surface area contributed by atoms with Crippen molar-refractivity contribution < 1.29 is 13.6 Å². The van der Waals surface area contributed by atoms with Crippen molar-refractivity contribution in [1.29, 1.82) is 0 Å². The summed E-state index contributed by atoms with van der Waals surface area (Å²) in [6, 6.07) is 7.91. The SMILES string of the molecule is Cc1ccc(-c2[nH]ncc2CN2CCO[C@H](c3ccc(C)o3)C2)o1. The fourth-order valence-corrected chi connectivity index (χ4v) is 3.10. The van der Waals surface area contributed by atoms with Crippen LogP contribution in [0.25, 0.3) is 11.5 Å². The Morgan fingerprint density at radius 3 is 2.75 bits per heavy atom. The number of aryl methyl sites for hydroxylation is 2. The van der Waals surface area contributed by atoms with E-state index in [0.29, 0.717) is 6.61 Å². The molecule has 4 rings (SSSR count). The van der Waals surface area contributed by atoms with Crippen LogP contribution in [0.2, 0.25) is 0 Å². The van der Waals surface area contributed by atoms with Crippen molar-refractivity contribution >= 4 is 0 Å². The van der Waals surface area contributed by atoms with E-state index >= 15 is 0 Å². The molecule has 4 heterocycles. The number of nitrogens with zero attached hydrogens (tertiary/aromatic N) is 2. The molecular formula is C18H21N3O3. The number of rotatable bonds is 4. The quantitative estimate of drug-likeness (QED) is 0.795. The molecule has 3 aromatic heterocycles. The molecule has 1 aliphatic heterocycles. The molecule has 24 heavy (non-hydrogen) atoms. The van der Waals surface area contributed by atoms with E-state index in [0.717, 1.165) is 53.9 Å². The van der Waals surface area contributed by atoms with Gasteiger partial charge < -0.3 is 13.6 Å². The van der Waals surface area contributed by atoms with Crippen LogP contribution in [0.1, 0.15) is 28.9 Å². The minimum atomic E-state index is -0.0198. The third-order valence-electron chi connectivity index (χ3n) is 4.33. The van der Waals surface area contributed by atoms with E-state index < -0.39 is 0 Å². The minimum absolute atomic E-state index is 0.0198. The van der Waals surface area contributed by atoms with Crippen LogP contribution in [-0.4, -0.2) is 34.8 Å². The van der Waals surface area contributed by atoms with Crippen LogP contribution in [0, 0.1) is 13.8 Å². The number of hydrogen-bond donors (Lipinski definition) is 1. The van der Waals surface area contributed by atoms with Gasteiger partial charge in [-0.25, -0.2) is 0 Å². The van der Waals surface area contributed by atoms with Gasteiger partial charge in [0.25, 0.3) is 0 Å². The predicted octanol–water partition coefficient (Wildman–Crippen LogP) is 3.45. The predicted molar refractivity (Wildman–Crippen MR) is 88.4 cm³/mol. The van der Waals surface area contributed by atoms with Crippen LogP contribution in [-0.2, 0) is 11.3 Å². The van der Waals surface area contributed by atoms with E-state index in [9.17, 15) is 0 Å². The van der Waals surface area contributed by atoms with E-state index in [1.807, 2.05) is 44.3 Å². The van der Waals surface area contributed by atoms with Gasteiger partial charge in [-0.15, -0.1) is 0 Å². The van der Waals surface area contributed by atoms with E-state index in [1.54, 1.807) is 0 Å². The summed E-state index contributed by atoms with van der Waals surface area (Å²) in [6.07, 6.45) is 1.85. The maximum Gasteiger partial charge on any atom is 0.152 e. The lowest BCUT2D eigenvalue weighted by Crippen LogP contribution is -2.37. The van der Waals surface area contributed by atoms with Crippen molar-refractivity contribution in [2.24, 2.45) is 0 Å². The van der Waals surface area contributed by atoms with Gasteiger partial charge in [0, 0.05) is 25.2 Å². The molecule has 0 radical (unpaired) electrons. The minimum Gasteiger partial charge on any atom is -0.464 e. The molecule has 1 aliphatic rings. The second kappa shape index (κ2) is 6.30. The molecule has 0 spiro atoms. The molecule has 0 aliphatic carbocycles. The average Bonchev–Trinajstić information content (AvgIpc) is 3.29. The van der Waals surface area contributed by atoms with Gasteiger partial charge in [-0.1, -0.05) is 0 Å². The Kier molecular flexibility index (Phi) is 4.00. The summed E-state index contributed by atoms with van der Waals surface area (Å²) in [4.78, 5) is 2.36. The van der Waals surface area contributed by atoms with E-state index in [4.69, 9.17) is 13.6 Å². The number of ether oxygens (including phenoxy) is 1. The third-order valence-corrected chi connectivity index (χ3v) is 4.33. The van der Waals surface area contributed by atoms with Gasteiger partial charge in [0.15, 0.2) is 5.76 Å². The van der Waals surface area contributed by atoms with Crippen LogP contribution in [0.5, 0.6) is 0 Å². The molecule has 1 atom stereocenters. The van der Waals surface area contributed by atoms with Crippen LogP contribution < -0.4 is 0 Å². The highest BCUT2D eigenvalue weighted by Gasteiger charge is 2.25. The summed E-state index contributed by atoms with van der Waals surface area (Å²) < 4.78 is 17.3. The molecule has 0 amide bonds. The van der Waals surface area contributed by atoms with Crippen molar-refractivity contribution in [1.82, 2.24) is 15.1 Å². The maximum absolute atomic E-state index is 5.87. The fourth-order valence-electron chi connectivity index (χ4n) is 3.10. The van der Waals surface area contributed by atoms with Gasteiger partial charge in [-0.05, 0) is 38.1 Å². The molecule has 0 unspecified atom stereocenters. The number of aromatic nitrogens is 2. The average molecular weight is 327 g/mol. The lowest BCUT2D eigenvalue weighted by Gasteiger charge is -2.31. The highest BCUT2D eigenvalue weighted by atomic mass is 16.5. The number of furan rings is 2. The zero-order chi connectivity index (χ0) is 16.5. The van der Waals surface area contributed by atoms with Gasteiger partial charge in [0.1, 0.15) is 29.1 Å². The summed E-state index contributed by atoms with van der Waals surface area (Å²) in [7, 11) is 0. The second-order valence-corrected chi connectivity index (χ2v) is 6.22. The Morgan fingerprint density at radius 2 is 2.00 bits per heavy atom. The lowest BCUT2D eigenvalue weighted by atomic mass is 10.1. The summed E-state index contributed by atoms with van der Waals surface area (Å²) in [5.41, 5.74) is 2.07. The first kappa shape index (κ1) is 15.2. The van der Waals surface area contributed by atoms with Crippen LogP contribution in [0.4, 0.5) is 0 Å². The topological polar surface area (TPSA) is 67.4 Å². The lowest BCUT2D eigenvalue weighted by molar-refractivity contribution is -0.0430. The first-order chi connectivity index (χ1) is 11.7. The Morgan fingerprint density at radius 1 is 1.17 bits per heavy atom. The van der Waals surface area contributed by atoms with Crippen molar-refractivity contribution in [3.8, 4) is 11.5 Å². The van der Waals surface area contributed by atoms with E-state index in [2.05, 4.69) is 15.1 Å². The molecule has 1 fully saturated rings.